The monoisotopic (exact) mass is 299 g/mol. The number of rotatable bonds is 6. The zero-order chi connectivity index (χ0) is 15.4. The molecule has 1 heterocycles. The Morgan fingerprint density at radius 2 is 2.00 bits per heavy atom. The molecular formula is C16H18BNO4. The Morgan fingerprint density at radius 3 is 2.77 bits per heavy atom. The fourth-order valence-electron chi connectivity index (χ4n) is 2.48. The van der Waals surface area contributed by atoms with E-state index in [0.29, 0.717) is 24.4 Å². The van der Waals surface area contributed by atoms with Crippen molar-refractivity contribution in [1.29, 1.82) is 0 Å². The van der Waals surface area contributed by atoms with Crippen molar-refractivity contribution >= 4 is 12.6 Å². The topological polar surface area (TPSA) is 73.9 Å². The number of ether oxygens (including phenoxy) is 2. The summed E-state index contributed by atoms with van der Waals surface area (Å²) in [7, 11) is -0.947. The number of nitrogens with two attached hydrogens (primary N) is 1. The summed E-state index contributed by atoms with van der Waals surface area (Å²) in [6, 6.07) is 15.4. The minimum atomic E-state index is -0.947. The van der Waals surface area contributed by atoms with Crippen LogP contribution in [-0.2, 0) is 16.0 Å². The summed E-state index contributed by atoms with van der Waals surface area (Å²) < 4.78 is 16.4. The lowest BCUT2D eigenvalue weighted by Crippen LogP contribution is -2.28. The van der Waals surface area contributed by atoms with Gasteiger partial charge in [-0.3, -0.25) is 0 Å². The van der Waals surface area contributed by atoms with Crippen LogP contribution in [0.1, 0.15) is 17.2 Å². The summed E-state index contributed by atoms with van der Waals surface area (Å²) in [5, 5.41) is 9.86. The first-order chi connectivity index (χ1) is 10.8. The van der Waals surface area contributed by atoms with Crippen LogP contribution >= 0.6 is 0 Å². The van der Waals surface area contributed by atoms with E-state index in [4.69, 9.17) is 19.9 Å². The molecule has 0 fully saturated rings. The number of hydrogen-bond acceptors (Lipinski definition) is 5. The Labute approximate surface area is 129 Å². The van der Waals surface area contributed by atoms with Crippen LogP contribution in [0.15, 0.2) is 48.5 Å². The molecule has 6 heteroatoms. The second-order valence-corrected chi connectivity index (χ2v) is 5.10. The minimum absolute atomic E-state index is 0.144. The summed E-state index contributed by atoms with van der Waals surface area (Å²) in [6.07, 6.45) is -0.256. The van der Waals surface area contributed by atoms with Crippen LogP contribution in [0.2, 0.25) is 0 Å². The average Bonchev–Trinajstić information content (AvgIpc) is 2.88. The van der Waals surface area contributed by atoms with Gasteiger partial charge in [-0.2, -0.15) is 0 Å². The van der Waals surface area contributed by atoms with E-state index >= 15 is 0 Å². The number of benzene rings is 2. The molecule has 1 unspecified atom stereocenters. The summed E-state index contributed by atoms with van der Waals surface area (Å²) in [4.78, 5) is 0. The lowest BCUT2D eigenvalue weighted by molar-refractivity contribution is 0.00508. The standard InChI is InChI=1S/C16H18BNO4/c18-9-16-14-7-6-13(8-15(14)17(19)22-16)21-11-20-10-12-4-2-1-3-5-12/h1-8,16,19H,9-11,18H2. The Kier molecular flexibility index (Phi) is 4.75. The van der Waals surface area contributed by atoms with E-state index in [-0.39, 0.29) is 12.9 Å². The van der Waals surface area contributed by atoms with Crippen molar-refractivity contribution in [3.8, 4) is 5.75 Å². The largest absolute Gasteiger partial charge is 0.492 e. The Bertz CT molecular complexity index is 623. The molecule has 114 valence electrons. The van der Waals surface area contributed by atoms with Crippen molar-refractivity contribution in [1.82, 2.24) is 0 Å². The molecule has 0 bridgehead atoms. The third-order valence-corrected chi connectivity index (χ3v) is 3.60. The van der Waals surface area contributed by atoms with E-state index in [9.17, 15) is 5.02 Å². The molecule has 2 aromatic carbocycles. The molecule has 0 radical (unpaired) electrons. The van der Waals surface area contributed by atoms with E-state index in [2.05, 4.69) is 0 Å². The molecule has 2 aromatic rings. The summed E-state index contributed by atoms with van der Waals surface area (Å²) in [6.45, 7) is 0.974. The van der Waals surface area contributed by atoms with Crippen LogP contribution in [0.3, 0.4) is 0 Å². The first-order valence-corrected chi connectivity index (χ1v) is 7.20. The highest BCUT2D eigenvalue weighted by Gasteiger charge is 2.34. The normalized spacial score (nSPS) is 16.6. The Hall–Kier alpha value is -1.86. The molecule has 1 atom stereocenters. The molecule has 3 rings (SSSR count). The van der Waals surface area contributed by atoms with Gasteiger partial charge in [0.15, 0.2) is 6.79 Å². The molecule has 5 nitrogen and oxygen atoms in total. The zero-order valence-electron chi connectivity index (χ0n) is 12.1. The van der Waals surface area contributed by atoms with E-state index in [1.807, 2.05) is 42.5 Å². The van der Waals surface area contributed by atoms with E-state index in [1.165, 1.54) is 0 Å². The lowest BCUT2D eigenvalue weighted by Gasteiger charge is -2.10. The molecule has 22 heavy (non-hydrogen) atoms. The third kappa shape index (κ3) is 3.31. The Balaban J connectivity index is 1.55. The van der Waals surface area contributed by atoms with Gasteiger partial charge in [-0.05, 0) is 28.7 Å². The summed E-state index contributed by atoms with van der Waals surface area (Å²) in [5.41, 5.74) is 8.32. The molecule has 0 saturated carbocycles. The van der Waals surface area contributed by atoms with Crippen molar-refractivity contribution in [2.24, 2.45) is 5.73 Å². The minimum Gasteiger partial charge on any atom is -0.468 e. The lowest BCUT2D eigenvalue weighted by atomic mass is 9.79. The highest BCUT2D eigenvalue weighted by molar-refractivity contribution is 6.61. The van der Waals surface area contributed by atoms with E-state index in [0.717, 1.165) is 11.1 Å². The van der Waals surface area contributed by atoms with Crippen molar-refractivity contribution < 1.29 is 19.2 Å². The summed E-state index contributed by atoms with van der Waals surface area (Å²) in [5.74, 6) is 0.632. The third-order valence-electron chi connectivity index (χ3n) is 3.60. The molecule has 0 aromatic heterocycles. The predicted molar refractivity (Wildman–Crippen MR) is 83.7 cm³/mol. The first kappa shape index (κ1) is 15.1. The van der Waals surface area contributed by atoms with Gasteiger partial charge in [0.1, 0.15) is 5.75 Å². The summed E-state index contributed by atoms with van der Waals surface area (Å²) >= 11 is 0. The maximum absolute atomic E-state index is 9.86. The van der Waals surface area contributed by atoms with Crippen molar-refractivity contribution in [3.63, 3.8) is 0 Å². The van der Waals surface area contributed by atoms with Crippen LogP contribution in [0, 0.1) is 0 Å². The van der Waals surface area contributed by atoms with Crippen LogP contribution < -0.4 is 15.9 Å². The van der Waals surface area contributed by atoms with Gasteiger partial charge in [-0.1, -0.05) is 36.4 Å². The zero-order valence-corrected chi connectivity index (χ0v) is 12.1. The highest BCUT2D eigenvalue weighted by atomic mass is 16.7. The predicted octanol–water partition coefficient (Wildman–Crippen LogP) is 0.957. The van der Waals surface area contributed by atoms with Gasteiger partial charge in [-0.25, -0.2) is 0 Å². The quantitative estimate of drug-likeness (QED) is 0.472. The maximum atomic E-state index is 9.86. The Morgan fingerprint density at radius 1 is 1.18 bits per heavy atom. The molecule has 3 N–H and O–H groups in total. The second kappa shape index (κ2) is 6.94. The van der Waals surface area contributed by atoms with Gasteiger partial charge in [0, 0.05) is 6.54 Å². The maximum Gasteiger partial charge on any atom is 0.492 e. The molecule has 0 aliphatic carbocycles. The van der Waals surface area contributed by atoms with Gasteiger partial charge >= 0.3 is 7.12 Å². The van der Waals surface area contributed by atoms with Crippen molar-refractivity contribution in [2.45, 2.75) is 12.7 Å². The van der Waals surface area contributed by atoms with Crippen LogP contribution in [0.4, 0.5) is 0 Å². The van der Waals surface area contributed by atoms with Crippen LogP contribution in [0.25, 0.3) is 0 Å². The van der Waals surface area contributed by atoms with Gasteiger partial charge < -0.3 is 24.9 Å². The van der Waals surface area contributed by atoms with Crippen LogP contribution in [0.5, 0.6) is 5.75 Å². The average molecular weight is 299 g/mol. The molecule has 0 spiro atoms. The SMILES string of the molecule is NCC1OB(O)c2cc(OCOCc3ccccc3)ccc21. The van der Waals surface area contributed by atoms with Gasteiger partial charge in [0.2, 0.25) is 0 Å². The van der Waals surface area contributed by atoms with Crippen LogP contribution in [-0.4, -0.2) is 25.5 Å². The number of fused-ring (bicyclic) bond motifs is 1. The van der Waals surface area contributed by atoms with E-state index in [1.54, 1.807) is 6.07 Å². The second-order valence-electron chi connectivity index (χ2n) is 5.10. The molecule has 1 aliphatic rings. The fraction of sp³-hybridized carbons (Fsp3) is 0.250. The van der Waals surface area contributed by atoms with Gasteiger partial charge in [-0.15, -0.1) is 0 Å². The van der Waals surface area contributed by atoms with E-state index < -0.39 is 7.12 Å². The molecule has 0 saturated heterocycles. The highest BCUT2D eigenvalue weighted by Crippen LogP contribution is 2.24. The molecular weight excluding hydrogens is 281 g/mol. The fourth-order valence-corrected chi connectivity index (χ4v) is 2.48. The number of hydrogen-bond donors (Lipinski definition) is 2. The van der Waals surface area contributed by atoms with Gasteiger partial charge in [0.05, 0.1) is 12.7 Å². The van der Waals surface area contributed by atoms with Crippen molar-refractivity contribution in [2.75, 3.05) is 13.3 Å². The van der Waals surface area contributed by atoms with Gasteiger partial charge in [0.25, 0.3) is 0 Å². The van der Waals surface area contributed by atoms with Crippen molar-refractivity contribution in [3.05, 3.63) is 59.7 Å². The smallest absolute Gasteiger partial charge is 0.468 e. The molecule has 1 aliphatic heterocycles. The molecule has 0 amide bonds. The first-order valence-electron chi connectivity index (χ1n) is 7.20.